The van der Waals surface area contributed by atoms with E-state index in [0.29, 0.717) is 88.3 Å². The number of hydrogen-bond donors (Lipinski definition) is 0. The molecule has 12 aromatic heterocycles. The van der Waals surface area contributed by atoms with Gasteiger partial charge in [0.05, 0.1) is 57.2 Å². The van der Waals surface area contributed by atoms with Crippen molar-refractivity contribution in [3.05, 3.63) is 168 Å². The summed E-state index contributed by atoms with van der Waals surface area (Å²) in [7, 11) is 0. The van der Waals surface area contributed by atoms with Gasteiger partial charge in [0.25, 0.3) is 33.4 Å². The third kappa shape index (κ3) is 7.23. The first-order valence-corrected chi connectivity index (χ1v) is 27.2. The van der Waals surface area contributed by atoms with Gasteiger partial charge in [-0.3, -0.25) is 28.8 Å². The van der Waals surface area contributed by atoms with Gasteiger partial charge in [0.2, 0.25) is 11.8 Å². The second-order valence-electron chi connectivity index (χ2n) is 17.2. The zero-order valence-corrected chi connectivity index (χ0v) is 44.4. The topological polar surface area (TPSA) is 218 Å². The Kier molecular flexibility index (Phi) is 11.1. The Hall–Kier alpha value is -8.12. The van der Waals surface area contributed by atoms with Crippen LogP contribution in [0.1, 0.15) is 25.5 Å². The molecule has 0 aliphatic rings. The van der Waals surface area contributed by atoms with Gasteiger partial charge in [-0.25, -0.2) is 29.9 Å². The molecule has 76 heavy (non-hydrogen) atoms. The van der Waals surface area contributed by atoms with Gasteiger partial charge in [-0.1, -0.05) is 35.3 Å². The van der Waals surface area contributed by atoms with Crippen LogP contribution in [0.2, 0.25) is 10.3 Å². The average molecular weight is 1120 g/mol. The molecule has 18 nitrogen and oxygen atoms in total. The Balaban J connectivity index is 0.955. The number of hydrogen-bond acceptors (Lipinski definition) is 18. The summed E-state index contributed by atoms with van der Waals surface area (Å²) in [4.78, 5) is 118. The van der Waals surface area contributed by atoms with Crippen molar-refractivity contribution in [2.75, 3.05) is 13.2 Å². The largest absolute Gasteiger partial charge is 0.478 e. The van der Waals surface area contributed by atoms with Crippen LogP contribution >= 0.6 is 68.5 Å². The number of thiophene rings is 4. The second kappa shape index (κ2) is 17.7. The van der Waals surface area contributed by atoms with Crippen LogP contribution in [-0.4, -0.2) is 61.8 Å². The lowest BCUT2D eigenvalue weighted by Gasteiger charge is -2.10. The van der Waals surface area contributed by atoms with Gasteiger partial charge in [0, 0.05) is 54.9 Å². The van der Waals surface area contributed by atoms with Crippen molar-refractivity contribution in [3.8, 4) is 55.2 Å². The summed E-state index contributed by atoms with van der Waals surface area (Å²) in [6, 6.07) is 20.5. The third-order valence-corrected chi connectivity index (χ3v) is 17.1. The van der Waals surface area contributed by atoms with E-state index in [9.17, 15) is 28.8 Å². The van der Waals surface area contributed by atoms with Crippen LogP contribution in [0.25, 0.3) is 106 Å². The number of fused-ring (bicyclic) bond motifs is 8. The van der Waals surface area contributed by atoms with E-state index in [4.69, 9.17) is 52.6 Å². The Bertz CT molecular complexity index is 4630. The van der Waals surface area contributed by atoms with Gasteiger partial charge >= 0.3 is 0 Å². The molecule has 0 radical (unpaired) electrons. The number of rotatable bonds is 10. The summed E-state index contributed by atoms with van der Waals surface area (Å²) >= 11 is 17.9. The maximum absolute atomic E-state index is 14.7. The molecular weight excluding hydrogens is 1090 g/mol. The van der Waals surface area contributed by atoms with Crippen LogP contribution in [0, 0.1) is 13.8 Å². The van der Waals surface area contributed by atoms with Gasteiger partial charge in [-0.2, -0.15) is 18.7 Å². The summed E-state index contributed by atoms with van der Waals surface area (Å²) in [5.41, 5.74) is -0.777. The van der Waals surface area contributed by atoms with Crippen LogP contribution in [0.15, 0.2) is 112 Å². The van der Waals surface area contributed by atoms with Crippen LogP contribution < -0.4 is 42.8 Å². The van der Waals surface area contributed by atoms with Crippen molar-refractivity contribution < 1.29 is 9.47 Å². The maximum Gasteiger partial charge on any atom is 0.291 e. The van der Waals surface area contributed by atoms with Crippen molar-refractivity contribution in [1.29, 1.82) is 0 Å². The van der Waals surface area contributed by atoms with E-state index >= 15 is 0 Å². The molecule has 13 rings (SSSR count). The van der Waals surface area contributed by atoms with Gasteiger partial charge in [0.15, 0.2) is 0 Å². The average Bonchev–Trinajstić information content (AvgIpc) is 4.48. The molecule has 24 heteroatoms. The molecule has 12 heterocycles. The molecule has 0 fully saturated rings. The lowest BCUT2D eigenvalue weighted by Crippen LogP contribution is -2.41. The van der Waals surface area contributed by atoms with Crippen molar-refractivity contribution in [1.82, 2.24) is 48.6 Å². The van der Waals surface area contributed by atoms with Crippen LogP contribution in [-0.2, 0) is 0 Å². The molecular formula is C52H30Cl2N10O8S4. The summed E-state index contributed by atoms with van der Waals surface area (Å²) < 4.78 is 14.6. The summed E-state index contributed by atoms with van der Waals surface area (Å²) in [6.07, 6.45) is 0. The molecule has 0 bridgehead atoms. The third-order valence-electron chi connectivity index (χ3n) is 12.7. The zero-order chi connectivity index (χ0) is 52.6. The zero-order valence-electron chi connectivity index (χ0n) is 39.6. The van der Waals surface area contributed by atoms with Gasteiger partial charge < -0.3 is 9.47 Å². The molecule has 0 aliphatic carbocycles. The first-order valence-electron chi connectivity index (χ1n) is 23.1. The van der Waals surface area contributed by atoms with Crippen molar-refractivity contribution in [2.45, 2.75) is 27.7 Å². The molecule has 0 aliphatic heterocycles. The van der Waals surface area contributed by atoms with Crippen molar-refractivity contribution in [2.24, 2.45) is 0 Å². The lowest BCUT2D eigenvalue weighted by molar-refractivity contribution is 0.327. The van der Waals surface area contributed by atoms with Gasteiger partial charge in [-0.05, 0) is 87.0 Å². The van der Waals surface area contributed by atoms with Crippen molar-refractivity contribution >= 4 is 131 Å². The van der Waals surface area contributed by atoms with E-state index in [0.717, 1.165) is 65.0 Å². The van der Waals surface area contributed by atoms with E-state index < -0.39 is 33.4 Å². The predicted molar refractivity (Wildman–Crippen MR) is 300 cm³/mol. The summed E-state index contributed by atoms with van der Waals surface area (Å²) in [5, 5.41) is 4.48. The molecule has 0 amide bonds. The SMILES string of the molecule is CCOc1cc(-c2cc(-c3cccs3)c3c(n2)sc2c(=O)n(-n4c(=O)c5cc6c(=O)n(-n7c(C)nc8c(sc9nc(-c%10cc(Cl)nc(OCC)c%10)cc(-c%10cccs%10)c98)c7=O)c(=O)c6cc5c4=O)c(C)nc23)cc(Cl)n1. The second-order valence-corrected chi connectivity index (χ2v) is 21.9. The highest BCUT2D eigenvalue weighted by atomic mass is 35.5. The Labute approximate surface area is 449 Å². The van der Waals surface area contributed by atoms with Gasteiger partial charge in [-0.15, -0.1) is 45.3 Å². The smallest absolute Gasteiger partial charge is 0.291 e. The highest BCUT2D eigenvalue weighted by molar-refractivity contribution is 7.26. The number of ether oxygens (including phenoxy) is 2. The van der Waals surface area contributed by atoms with Crippen LogP contribution in [0.5, 0.6) is 11.8 Å². The molecule has 13 aromatic rings. The van der Waals surface area contributed by atoms with E-state index in [1.807, 2.05) is 61.0 Å². The number of aromatic nitrogens is 10. The minimum atomic E-state index is -0.938. The first-order chi connectivity index (χ1) is 36.7. The molecule has 1 aromatic carbocycles. The standard InChI is InChI=1S/C52H30Cl2N10O8S4/c1-5-71-37-15-23(13-35(53)59-37)31-19-29(33-9-7-11-73-33)39-41-43(75-45(39)57-31)51(69)61(21(3)55-41)63-47(65)25-17-27-28(18-26(25)48(63)66)50(68)64(49(27)67)62-22(4)56-42-40-30(34-10-8-12-74-34)20-32(58-46(40)76-44(42)52(62)70)24-14-36(54)60-38(16-24)72-6-2/h7-20H,5-6H2,1-4H3. The minimum absolute atomic E-state index is 0.00596. The number of pyridine rings is 4. The summed E-state index contributed by atoms with van der Waals surface area (Å²) in [6.45, 7) is 7.38. The molecule has 374 valence electrons. The fourth-order valence-corrected chi connectivity index (χ4v) is 13.6. The molecule has 0 spiro atoms. The van der Waals surface area contributed by atoms with Gasteiger partial charge in [0.1, 0.15) is 41.0 Å². The molecule has 0 N–H and O–H groups in total. The van der Waals surface area contributed by atoms with Crippen LogP contribution in [0.4, 0.5) is 0 Å². The maximum atomic E-state index is 14.7. The highest BCUT2D eigenvalue weighted by Gasteiger charge is 2.28. The Morgan fingerprint density at radius 3 is 1.24 bits per heavy atom. The highest BCUT2D eigenvalue weighted by Crippen LogP contribution is 2.43. The molecule has 0 atom stereocenters. The Morgan fingerprint density at radius 2 is 0.882 bits per heavy atom. The minimum Gasteiger partial charge on any atom is -0.478 e. The molecule has 0 saturated carbocycles. The fourth-order valence-electron chi connectivity index (χ4n) is 9.59. The lowest BCUT2D eigenvalue weighted by atomic mass is 10.1. The predicted octanol–water partition coefficient (Wildman–Crippen LogP) is 9.48. The van der Waals surface area contributed by atoms with E-state index in [1.54, 1.807) is 24.3 Å². The monoisotopic (exact) mass is 1120 g/mol. The van der Waals surface area contributed by atoms with Crippen molar-refractivity contribution in [3.63, 3.8) is 0 Å². The number of aryl methyl sites for hydroxylation is 2. The number of nitrogens with zero attached hydrogens (tertiary/aromatic N) is 10. The number of halogens is 2. The first kappa shape index (κ1) is 47.6. The van der Waals surface area contributed by atoms with E-state index in [-0.39, 0.29) is 52.9 Å². The number of benzene rings is 1. The molecule has 0 unspecified atom stereocenters. The quantitative estimate of drug-likeness (QED) is 0.117. The van der Waals surface area contributed by atoms with E-state index in [2.05, 4.69) is 9.97 Å². The van der Waals surface area contributed by atoms with Crippen LogP contribution in [0.3, 0.4) is 0 Å². The van der Waals surface area contributed by atoms with E-state index in [1.165, 1.54) is 36.5 Å². The summed E-state index contributed by atoms with van der Waals surface area (Å²) in [5.74, 6) is 0.641. The Morgan fingerprint density at radius 1 is 0.487 bits per heavy atom. The fraction of sp³-hybridized carbons (Fsp3) is 0.115. The normalized spacial score (nSPS) is 12.0. The molecule has 0 saturated heterocycles.